The maximum atomic E-state index is 12.3. The minimum Gasteiger partial charge on any atom is -0.461 e. The first-order valence-corrected chi connectivity index (χ1v) is 7.44. The zero-order valence-electron chi connectivity index (χ0n) is 11.7. The number of esters is 2. The van der Waals surface area contributed by atoms with Gasteiger partial charge in [-0.05, 0) is 25.7 Å². The Labute approximate surface area is 121 Å². The molecule has 0 aromatic carbocycles. The van der Waals surface area contributed by atoms with Gasteiger partial charge in [-0.15, -0.1) is 0 Å². The molecular weight excluding hydrogens is 280 g/mol. The number of rotatable bonds is 6. The second kappa shape index (κ2) is 4.66. The number of carbonyl (C=O) groups is 2. The van der Waals surface area contributed by atoms with Crippen molar-refractivity contribution < 1.29 is 33.3 Å². The van der Waals surface area contributed by atoms with Gasteiger partial charge in [0, 0.05) is 0 Å². The van der Waals surface area contributed by atoms with Crippen LogP contribution in [-0.2, 0) is 33.3 Å². The van der Waals surface area contributed by atoms with E-state index in [4.69, 9.17) is 23.7 Å². The largest absolute Gasteiger partial charge is 0.461 e. The van der Waals surface area contributed by atoms with Gasteiger partial charge in [0.25, 0.3) is 0 Å². The molecule has 4 unspecified atom stereocenters. The maximum absolute atomic E-state index is 12.3. The summed E-state index contributed by atoms with van der Waals surface area (Å²) in [6.07, 6.45) is 2.70. The van der Waals surface area contributed by atoms with Gasteiger partial charge in [0.15, 0.2) is 0 Å². The van der Waals surface area contributed by atoms with Crippen LogP contribution in [0.4, 0.5) is 0 Å². The Balaban J connectivity index is 1.42. The fourth-order valence-electron chi connectivity index (χ4n) is 3.04. The monoisotopic (exact) mass is 298 g/mol. The quantitative estimate of drug-likeness (QED) is 0.501. The molecule has 4 fully saturated rings. The van der Waals surface area contributed by atoms with Crippen LogP contribution >= 0.6 is 0 Å². The summed E-state index contributed by atoms with van der Waals surface area (Å²) < 4.78 is 26.2. The number of carbonyl (C=O) groups excluding carboxylic acids is 2. The lowest BCUT2D eigenvalue weighted by molar-refractivity contribution is -0.155. The lowest BCUT2D eigenvalue weighted by Crippen LogP contribution is -2.44. The summed E-state index contributed by atoms with van der Waals surface area (Å²) in [5.41, 5.74) is -2.27. The maximum Gasteiger partial charge on any atom is 0.342 e. The molecular formula is C14H18O7. The van der Waals surface area contributed by atoms with E-state index in [1.54, 1.807) is 0 Å². The van der Waals surface area contributed by atoms with Gasteiger partial charge >= 0.3 is 11.9 Å². The van der Waals surface area contributed by atoms with Crippen molar-refractivity contribution in [3.8, 4) is 0 Å². The lowest BCUT2D eigenvalue weighted by atomic mass is 9.79. The van der Waals surface area contributed by atoms with Crippen molar-refractivity contribution in [2.45, 2.75) is 49.1 Å². The molecule has 0 aromatic heterocycles. The van der Waals surface area contributed by atoms with Gasteiger partial charge in [-0.1, -0.05) is 0 Å². The fourth-order valence-corrected chi connectivity index (χ4v) is 3.04. The van der Waals surface area contributed by atoms with Crippen molar-refractivity contribution in [1.82, 2.24) is 0 Å². The van der Waals surface area contributed by atoms with Crippen LogP contribution in [0.1, 0.15) is 25.7 Å². The molecule has 1 aliphatic carbocycles. The van der Waals surface area contributed by atoms with E-state index in [1.165, 1.54) is 0 Å². The van der Waals surface area contributed by atoms with E-state index in [2.05, 4.69) is 0 Å². The van der Waals surface area contributed by atoms with Crippen LogP contribution in [0.25, 0.3) is 0 Å². The minimum atomic E-state index is -1.14. The van der Waals surface area contributed by atoms with Crippen LogP contribution in [0.2, 0.25) is 0 Å². The Kier molecular flexibility index (Phi) is 2.99. The van der Waals surface area contributed by atoms with Crippen molar-refractivity contribution in [3.63, 3.8) is 0 Å². The molecule has 7 nitrogen and oxygen atoms in total. The second-order valence-electron chi connectivity index (χ2n) is 6.07. The van der Waals surface area contributed by atoms with Crippen LogP contribution < -0.4 is 0 Å². The number of ether oxygens (including phenoxy) is 5. The lowest BCUT2D eigenvalue weighted by Gasteiger charge is -2.22. The highest BCUT2D eigenvalue weighted by atomic mass is 16.7. The smallest absolute Gasteiger partial charge is 0.342 e. The van der Waals surface area contributed by atoms with E-state index in [0.717, 1.165) is 12.8 Å². The first-order valence-electron chi connectivity index (χ1n) is 7.44. The van der Waals surface area contributed by atoms with E-state index in [1.807, 2.05) is 0 Å². The normalized spacial score (nSPS) is 42.7. The van der Waals surface area contributed by atoms with Gasteiger partial charge in [-0.25, -0.2) is 9.59 Å². The van der Waals surface area contributed by atoms with Gasteiger partial charge in [-0.3, -0.25) is 0 Å². The molecule has 3 saturated heterocycles. The number of hydrogen-bond acceptors (Lipinski definition) is 7. The van der Waals surface area contributed by atoms with E-state index >= 15 is 0 Å². The van der Waals surface area contributed by atoms with E-state index in [9.17, 15) is 9.59 Å². The van der Waals surface area contributed by atoms with Crippen LogP contribution in [0.5, 0.6) is 0 Å². The molecule has 0 amide bonds. The summed E-state index contributed by atoms with van der Waals surface area (Å²) in [5, 5.41) is 0. The summed E-state index contributed by atoms with van der Waals surface area (Å²) in [7, 11) is 0. The van der Waals surface area contributed by atoms with Crippen molar-refractivity contribution in [2.24, 2.45) is 0 Å². The van der Waals surface area contributed by atoms with Gasteiger partial charge < -0.3 is 23.7 Å². The van der Waals surface area contributed by atoms with Gasteiger partial charge in [-0.2, -0.15) is 0 Å². The molecule has 4 rings (SSSR count). The molecule has 0 N–H and O–H groups in total. The Morgan fingerprint density at radius 2 is 1.33 bits per heavy atom. The van der Waals surface area contributed by atoms with Crippen LogP contribution in [0.3, 0.4) is 0 Å². The summed E-state index contributed by atoms with van der Waals surface area (Å²) in [4.78, 5) is 24.6. The second-order valence-corrected chi connectivity index (χ2v) is 6.07. The highest BCUT2D eigenvalue weighted by Crippen LogP contribution is 2.59. The summed E-state index contributed by atoms with van der Waals surface area (Å²) in [6, 6.07) is 0. The molecule has 21 heavy (non-hydrogen) atoms. The Hall–Kier alpha value is -1.18. The first-order chi connectivity index (χ1) is 10.2. The van der Waals surface area contributed by atoms with Crippen LogP contribution in [0, 0.1) is 0 Å². The number of hydrogen-bond donors (Lipinski definition) is 0. The Morgan fingerprint density at radius 3 is 1.71 bits per heavy atom. The third kappa shape index (κ3) is 2.23. The Morgan fingerprint density at radius 1 is 0.905 bits per heavy atom. The third-order valence-electron chi connectivity index (χ3n) is 4.53. The van der Waals surface area contributed by atoms with Crippen LogP contribution in [-0.4, -0.2) is 61.8 Å². The minimum absolute atomic E-state index is 0.000979. The molecule has 0 bridgehead atoms. The topological polar surface area (TPSA) is 90.2 Å². The summed E-state index contributed by atoms with van der Waals surface area (Å²) >= 11 is 0. The highest BCUT2D eigenvalue weighted by molar-refractivity contribution is 5.98. The van der Waals surface area contributed by atoms with Gasteiger partial charge in [0.2, 0.25) is 11.2 Å². The van der Waals surface area contributed by atoms with Crippen molar-refractivity contribution in [1.29, 1.82) is 0 Å². The standard InChI is InChI=1S/C14H18O7/c15-11(19-7-9-5-17-9)13-3-1-2-4-14(13,21-13)12(16)20-8-10-6-18-10/h9-10H,1-8H2. The molecule has 0 radical (unpaired) electrons. The zero-order valence-corrected chi connectivity index (χ0v) is 11.7. The van der Waals surface area contributed by atoms with Gasteiger partial charge in [0.05, 0.1) is 13.2 Å². The first kappa shape index (κ1) is 13.5. The van der Waals surface area contributed by atoms with E-state index in [-0.39, 0.29) is 25.4 Å². The zero-order chi connectivity index (χ0) is 14.5. The molecule has 116 valence electrons. The molecule has 0 spiro atoms. The van der Waals surface area contributed by atoms with E-state index in [0.29, 0.717) is 26.1 Å². The Bertz CT molecular complexity index is 428. The molecule has 3 heterocycles. The predicted molar refractivity (Wildman–Crippen MR) is 66.4 cm³/mol. The molecule has 0 aromatic rings. The van der Waals surface area contributed by atoms with Gasteiger partial charge in [0.1, 0.15) is 25.4 Å². The molecule has 3 aliphatic heterocycles. The van der Waals surface area contributed by atoms with Crippen molar-refractivity contribution >= 4 is 11.9 Å². The molecule has 4 aliphatic rings. The summed E-state index contributed by atoms with van der Waals surface area (Å²) in [5.74, 6) is -0.922. The van der Waals surface area contributed by atoms with Crippen molar-refractivity contribution in [3.05, 3.63) is 0 Å². The van der Waals surface area contributed by atoms with E-state index < -0.39 is 23.1 Å². The van der Waals surface area contributed by atoms with Crippen LogP contribution in [0.15, 0.2) is 0 Å². The average molecular weight is 298 g/mol. The SMILES string of the molecule is O=C(OCC1CO1)C12CCCCC1(C(=O)OCC1CO1)O2. The number of epoxide rings is 3. The predicted octanol–water partition coefficient (Wildman–Crippen LogP) is -0.0478. The number of fused-ring (bicyclic) bond motifs is 1. The third-order valence-corrected chi connectivity index (χ3v) is 4.53. The fraction of sp³-hybridized carbons (Fsp3) is 0.857. The highest BCUT2D eigenvalue weighted by Gasteiger charge is 2.81. The average Bonchev–Trinajstić information content (AvgIpc) is 3.38. The molecule has 7 heteroatoms. The van der Waals surface area contributed by atoms with Crippen molar-refractivity contribution in [2.75, 3.05) is 26.4 Å². The molecule has 4 atom stereocenters. The summed E-state index contributed by atoms with van der Waals surface area (Å²) in [6.45, 7) is 1.70. The molecule has 1 saturated carbocycles.